The second-order valence-electron chi connectivity index (χ2n) is 8.47. The van der Waals surface area contributed by atoms with Gasteiger partial charge >= 0.3 is 0 Å². The van der Waals surface area contributed by atoms with E-state index in [2.05, 4.69) is 16.0 Å². The number of nitrogens with one attached hydrogen (secondary N) is 3. The predicted molar refractivity (Wildman–Crippen MR) is 164 cm³/mol. The number of rotatable bonds is 9. The van der Waals surface area contributed by atoms with Crippen LogP contribution in [-0.4, -0.2) is 23.5 Å². The summed E-state index contributed by atoms with van der Waals surface area (Å²) in [5.74, 6) is -1.82. The summed E-state index contributed by atoms with van der Waals surface area (Å²) in [5, 5.41) is 8.53. The Bertz CT molecular complexity index is 1620. The first-order valence-corrected chi connectivity index (χ1v) is 14.1. The number of thioether (sulfide) groups is 1. The Labute approximate surface area is 254 Å². The number of hydrogen-bond donors (Lipinski definition) is 3. The number of anilines is 2. The van der Waals surface area contributed by atoms with Crippen molar-refractivity contribution in [2.45, 2.75) is 4.90 Å². The molecule has 4 rings (SSSR count). The fraction of sp³-hybridized carbons (Fsp3) is 0.0333. The average Bonchev–Trinajstić information content (AvgIpc) is 2.97. The molecule has 0 aliphatic heterocycles. The molecule has 0 aliphatic rings. The number of halogens is 4. The Morgan fingerprint density at radius 1 is 0.780 bits per heavy atom. The summed E-state index contributed by atoms with van der Waals surface area (Å²) < 4.78 is 13.3. The molecule has 0 saturated heterocycles. The Hall–Kier alpha value is -3.82. The molecule has 0 radical (unpaired) electrons. The van der Waals surface area contributed by atoms with Gasteiger partial charge in [-0.1, -0.05) is 65.1 Å². The van der Waals surface area contributed by atoms with Crippen molar-refractivity contribution in [2.75, 3.05) is 16.4 Å². The van der Waals surface area contributed by atoms with Crippen LogP contribution < -0.4 is 16.0 Å². The quantitative estimate of drug-likeness (QED) is 0.130. The van der Waals surface area contributed by atoms with Crippen molar-refractivity contribution < 1.29 is 18.8 Å². The largest absolute Gasteiger partial charge is 0.325 e. The van der Waals surface area contributed by atoms with Crippen molar-refractivity contribution in [2.24, 2.45) is 0 Å². The van der Waals surface area contributed by atoms with E-state index in [0.29, 0.717) is 27.5 Å². The van der Waals surface area contributed by atoms with Crippen LogP contribution in [0, 0.1) is 5.82 Å². The van der Waals surface area contributed by atoms with E-state index in [0.717, 1.165) is 4.90 Å². The van der Waals surface area contributed by atoms with Crippen LogP contribution in [0.15, 0.2) is 102 Å². The summed E-state index contributed by atoms with van der Waals surface area (Å²) in [5.41, 5.74) is 1.63. The van der Waals surface area contributed by atoms with Crippen molar-refractivity contribution >= 4 is 81.7 Å². The molecule has 0 unspecified atom stereocenters. The van der Waals surface area contributed by atoms with Crippen molar-refractivity contribution in [1.82, 2.24) is 5.32 Å². The minimum atomic E-state index is -0.580. The highest BCUT2D eigenvalue weighted by molar-refractivity contribution is 8.00. The van der Waals surface area contributed by atoms with Gasteiger partial charge in [-0.05, 0) is 72.3 Å². The Kier molecular flexibility index (Phi) is 10.4. The third kappa shape index (κ3) is 8.58. The topological polar surface area (TPSA) is 87.3 Å². The number of carbonyl (C=O) groups is 3. The van der Waals surface area contributed by atoms with Gasteiger partial charge in [-0.2, -0.15) is 0 Å². The standard InChI is InChI=1S/C30H21Cl3FN3O3S/c31-23-8-4-7-19(28(23)33)15-26(37-29(39)18-5-2-1-3-6-18)30(40)36-20-9-12-22(13-10-20)41-17-27(38)35-21-11-14-25(34)24(32)16-21/h1-16H,17H2,(H,35,38)(H,36,40)(H,37,39)/b26-15-. The highest BCUT2D eigenvalue weighted by atomic mass is 35.5. The molecule has 4 aromatic rings. The van der Waals surface area contributed by atoms with Crippen molar-refractivity contribution in [3.8, 4) is 0 Å². The molecule has 0 fully saturated rings. The lowest BCUT2D eigenvalue weighted by Gasteiger charge is -2.12. The van der Waals surface area contributed by atoms with Gasteiger partial charge in [0.05, 0.1) is 20.8 Å². The summed E-state index contributed by atoms with van der Waals surface area (Å²) in [7, 11) is 0. The lowest BCUT2D eigenvalue weighted by Crippen LogP contribution is -2.30. The first-order chi connectivity index (χ1) is 19.7. The third-order valence-electron chi connectivity index (χ3n) is 5.50. The van der Waals surface area contributed by atoms with Crippen LogP contribution in [0.2, 0.25) is 15.1 Å². The fourth-order valence-electron chi connectivity index (χ4n) is 3.48. The summed E-state index contributed by atoms with van der Waals surface area (Å²) in [4.78, 5) is 39.1. The van der Waals surface area contributed by atoms with E-state index >= 15 is 0 Å². The van der Waals surface area contributed by atoms with Crippen LogP contribution in [0.3, 0.4) is 0 Å². The third-order valence-corrected chi connectivity index (χ3v) is 7.63. The molecule has 3 amide bonds. The lowest BCUT2D eigenvalue weighted by atomic mass is 10.1. The molecule has 0 saturated carbocycles. The SMILES string of the molecule is O=C(CSc1ccc(NC(=O)/C(=C/c2cccc(Cl)c2Cl)NC(=O)c2ccccc2)cc1)Nc1ccc(F)c(Cl)c1. The molecule has 0 bridgehead atoms. The van der Waals surface area contributed by atoms with Crippen LogP contribution >= 0.6 is 46.6 Å². The molecule has 0 heterocycles. The van der Waals surface area contributed by atoms with E-state index in [1.54, 1.807) is 72.8 Å². The zero-order valence-electron chi connectivity index (χ0n) is 21.1. The van der Waals surface area contributed by atoms with Gasteiger partial charge in [0.1, 0.15) is 11.5 Å². The maximum atomic E-state index is 13.3. The maximum absolute atomic E-state index is 13.3. The zero-order chi connectivity index (χ0) is 29.4. The Balaban J connectivity index is 1.42. The molecule has 0 aromatic heterocycles. The summed E-state index contributed by atoms with van der Waals surface area (Å²) >= 11 is 19.5. The summed E-state index contributed by atoms with van der Waals surface area (Å²) in [6, 6.07) is 24.2. The van der Waals surface area contributed by atoms with E-state index in [1.165, 1.54) is 36.0 Å². The fourth-order valence-corrected chi connectivity index (χ4v) is 4.72. The minimum absolute atomic E-state index is 0.0426. The first kappa shape index (κ1) is 30.1. The highest BCUT2D eigenvalue weighted by Crippen LogP contribution is 2.28. The first-order valence-electron chi connectivity index (χ1n) is 12.0. The smallest absolute Gasteiger partial charge is 0.272 e. The molecule has 4 aromatic carbocycles. The van der Waals surface area contributed by atoms with Gasteiger partial charge < -0.3 is 16.0 Å². The van der Waals surface area contributed by atoms with Crippen LogP contribution in [0.1, 0.15) is 15.9 Å². The lowest BCUT2D eigenvalue weighted by molar-refractivity contribution is -0.114. The van der Waals surface area contributed by atoms with Gasteiger partial charge in [0.2, 0.25) is 5.91 Å². The van der Waals surface area contributed by atoms with Gasteiger partial charge in [0.25, 0.3) is 11.8 Å². The Morgan fingerprint density at radius 2 is 1.49 bits per heavy atom. The van der Waals surface area contributed by atoms with E-state index in [9.17, 15) is 18.8 Å². The monoisotopic (exact) mass is 627 g/mol. The molecule has 0 atom stereocenters. The zero-order valence-corrected chi connectivity index (χ0v) is 24.2. The van der Waals surface area contributed by atoms with Crippen LogP contribution in [0.4, 0.5) is 15.8 Å². The maximum Gasteiger partial charge on any atom is 0.272 e. The Morgan fingerprint density at radius 3 is 2.20 bits per heavy atom. The van der Waals surface area contributed by atoms with Crippen molar-refractivity contribution in [1.29, 1.82) is 0 Å². The van der Waals surface area contributed by atoms with E-state index < -0.39 is 17.6 Å². The number of carbonyl (C=O) groups excluding carboxylic acids is 3. The van der Waals surface area contributed by atoms with Gasteiger partial charge in [0, 0.05) is 21.8 Å². The van der Waals surface area contributed by atoms with Gasteiger partial charge in [-0.15, -0.1) is 11.8 Å². The molecule has 3 N–H and O–H groups in total. The molecule has 41 heavy (non-hydrogen) atoms. The summed E-state index contributed by atoms with van der Waals surface area (Å²) in [6.07, 6.45) is 1.45. The highest BCUT2D eigenvalue weighted by Gasteiger charge is 2.16. The molecule has 0 spiro atoms. The molecular weight excluding hydrogens is 608 g/mol. The number of benzene rings is 4. The molecule has 11 heteroatoms. The van der Waals surface area contributed by atoms with E-state index in [4.69, 9.17) is 34.8 Å². The molecule has 6 nitrogen and oxygen atoms in total. The van der Waals surface area contributed by atoms with E-state index in [-0.39, 0.29) is 27.4 Å². The van der Waals surface area contributed by atoms with Gasteiger partial charge in [-0.3, -0.25) is 14.4 Å². The number of amides is 3. The minimum Gasteiger partial charge on any atom is -0.325 e. The van der Waals surface area contributed by atoms with Crippen LogP contribution in [0.25, 0.3) is 6.08 Å². The molecule has 0 aliphatic carbocycles. The predicted octanol–water partition coefficient (Wildman–Crippen LogP) is 7.93. The normalized spacial score (nSPS) is 11.1. The average molecular weight is 629 g/mol. The van der Waals surface area contributed by atoms with Crippen LogP contribution in [0.5, 0.6) is 0 Å². The second kappa shape index (κ2) is 14.2. The van der Waals surface area contributed by atoms with Gasteiger partial charge in [-0.25, -0.2) is 4.39 Å². The molecular formula is C30H21Cl3FN3O3S. The summed E-state index contributed by atoms with van der Waals surface area (Å²) in [6.45, 7) is 0. The van der Waals surface area contributed by atoms with Crippen molar-refractivity contribution in [3.63, 3.8) is 0 Å². The molecule has 208 valence electrons. The van der Waals surface area contributed by atoms with Crippen molar-refractivity contribution in [3.05, 3.63) is 129 Å². The van der Waals surface area contributed by atoms with Gasteiger partial charge in [0.15, 0.2) is 0 Å². The number of hydrogen-bond acceptors (Lipinski definition) is 4. The van der Waals surface area contributed by atoms with E-state index in [1.807, 2.05) is 0 Å². The van der Waals surface area contributed by atoms with Crippen LogP contribution in [-0.2, 0) is 9.59 Å². The second-order valence-corrected chi connectivity index (χ2v) is 10.7.